The molecule has 0 aromatic heterocycles. The van der Waals surface area contributed by atoms with Crippen molar-refractivity contribution in [1.29, 1.82) is 0 Å². The third-order valence-corrected chi connectivity index (χ3v) is 3.16. The summed E-state index contributed by atoms with van der Waals surface area (Å²) >= 11 is 0. The van der Waals surface area contributed by atoms with Crippen molar-refractivity contribution in [2.24, 2.45) is 0 Å². The number of methoxy groups -OCH3 is 1. The molecule has 0 N–H and O–H groups in total. The lowest BCUT2D eigenvalue weighted by Gasteiger charge is -2.13. The first kappa shape index (κ1) is 18.2. The van der Waals surface area contributed by atoms with Gasteiger partial charge in [0, 0.05) is 6.07 Å². The number of benzene rings is 2. The third kappa shape index (κ3) is 4.06. The lowest BCUT2D eigenvalue weighted by molar-refractivity contribution is -0.736. The molecule has 0 spiro atoms. The molecule has 25 heavy (non-hydrogen) atoms. The van der Waals surface area contributed by atoms with Gasteiger partial charge in [0.15, 0.2) is 7.11 Å². The van der Waals surface area contributed by atoms with Crippen molar-refractivity contribution in [1.82, 2.24) is 0 Å². The SMILES string of the molecule is COC(=O)c1ccc(C(F)(F)F)cc1Oc1ccccc1[N+](=O)OC. The Balaban J connectivity index is 2.54. The molecule has 0 bridgehead atoms. The fraction of sp³-hybridized carbons (Fsp3) is 0.188. The number of carbonyl (C=O) groups excluding carboxylic acids is 1. The van der Waals surface area contributed by atoms with Gasteiger partial charge in [-0.15, -0.1) is 0 Å². The molecule has 132 valence electrons. The Bertz CT molecular complexity index is 805. The van der Waals surface area contributed by atoms with Crippen molar-refractivity contribution in [3.05, 3.63) is 58.5 Å². The number of alkyl halides is 3. The molecule has 0 saturated carbocycles. The fourth-order valence-corrected chi connectivity index (χ4v) is 1.97. The monoisotopic (exact) mass is 356 g/mol. The van der Waals surface area contributed by atoms with E-state index in [1.54, 1.807) is 0 Å². The second-order valence-corrected chi connectivity index (χ2v) is 4.71. The minimum atomic E-state index is -4.64. The van der Waals surface area contributed by atoms with Gasteiger partial charge < -0.3 is 9.47 Å². The van der Waals surface area contributed by atoms with E-state index in [-0.39, 0.29) is 21.9 Å². The second-order valence-electron chi connectivity index (χ2n) is 4.71. The molecule has 0 aliphatic rings. The normalized spacial score (nSPS) is 10.9. The predicted octanol–water partition coefficient (Wildman–Crippen LogP) is 4.26. The van der Waals surface area contributed by atoms with Crippen LogP contribution in [0.25, 0.3) is 0 Å². The van der Waals surface area contributed by atoms with E-state index in [1.165, 1.54) is 24.3 Å². The van der Waals surface area contributed by atoms with Gasteiger partial charge in [-0.05, 0) is 24.3 Å². The number of carbonyl (C=O) groups is 1. The summed E-state index contributed by atoms with van der Waals surface area (Å²) in [4.78, 5) is 28.1. The minimum Gasteiger partial charge on any atom is -0.465 e. The third-order valence-electron chi connectivity index (χ3n) is 3.16. The van der Waals surface area contributed by atoms with Gasteiger partial charge in [0.05, 0.1) is 17.6 Å². The molecule has 0 aliphatic carbocycles. The number of nitrogens with zero attached hydrogens (tertiary/aromatic N) is 1. The van der Waals surface area contributed by atoms with Gasteiger partial charge in [0.1, 0.15) is 11.3 Å². The summed E-state index contributed by atoms with van der Waals surface area (Å²) in [5.41, 5.74) is -1.32. The maximum Gasteiger partial charge on any atom is 0.416 e. The molecule has 0 unspecified atom stereocenters. The first-order valence-corrected chi connectivity index (χ1v) is 6.85. The Hall–Kier alpha value is -3.10. The lowest BCUT2D eigenvalue weighted by atomic mass is 10.1. The average molecular weight is 356 g/mol. The molecule has 0 fully saturated rings. The Morgan fingerprint density at radius 3 is 2.32 bits per heavy atom. The summed E-state index contributed by atoms with van der Waals surface area (Å²) in [7, 11) is 2.20. The number of ether oxygens (including phenoxy) is 2. The number of hydrogen-bond acceptors (Lipinski definition) is 5. The summed E-state index contributed by atoms with van der Waals surface area (Å²) < 4.78 is 48.7. The van der Waals surface area contributed by atoms with E-state index in [0.717, 1.165) is 26.4 Å². The van der Waals surface area contributed by atoms with Crippen LogP contribution in [0.2, 0.25) is 0 Å². The van der Waals surface area contributed by atoms with Crippen molar-refractivity contribution < 1.29 is 37.2 Å². The Morgan fingerprint density at radius 1 is 1.04 bits per heavy atom. The molecule has 0 heterocycles. The molecule has 0 atom stereocenters. The van der Waals surface area contributed by atoms with Crippen molar-refractivity contribution in [3.63, 3.8) is 0 Å². The summed E-state index contributed by atoms with van der Waals surface area (Å²) in [6.07, 6.45) is -4.64. The van der Waals surface area contributed by atoms with Gasteiger partial charge in [-0.1, -0.05) is 12.1 Å². The average Bonchev–Trinajstić information content (AvgIpc) is 2.60. The maximum absolute atomic E-state index is 12.9. The van der Waals surface area contributed by atoms with E-state index in [4.69, 9.17) is 4.74 Å². The highest BCUT2D eigenvalue weighted by Gasteiger charge is 2.33. The van der Waals surface area contributed by atoms with Gasteiger partial charge in [0.2, 0.25) is 5.75 Å². The van der Waals surface area contributed by atoms with E-state index >= 15 is 0 Å². The highest BCUT2D eigenvalue weighted by molar-refractivity contribution is 5.92. The van der Waals surface area contributed by atoms with Gasteiger partial charge >= 0.3 is 17.8 Å². The standard InChI is InChI=1S/C16H13F3NO5/c1-23-15(21)11-8-7-10(16(17,18)19)9-14(11)25-13-6-4-3-5-12(13)20(22)24-2/h3-9H,1-2H3/q+1. The highest BCUT2D eigenvalue weighted by atomic mass is 19.4. The molecule has 2 aromatic carbocycles. The van der Waals surface area contributed by atoms with E-state index < -0.39 is 23.5 Å². The number of hydrogen-bond donors (Lipinski definition) is 0. The highest BCUT2D eigenvalue weighted by Crippen LogP contribution is 2.37. The van der Waals surface area contributed by atoms with Crippen LogP contribution in [0.4, 0.5) is 18.9 Å². The summed E-state index contributed by atoms with van der Waals surface area (Å²) in [5.74, 6) is -1.38. The summed E-state index contributed by atoms with van der Waals surface area (Å²) in [6.45, 7) is 0. The summed E-state index contributed by atoms with van der Waals surface area (Å²) in [5, 5.41) is 0. The van der Waals surface area contributed by atoms with Gasteiger partial charge in [-0.3, -0.25) is 0 Å². The van der Waals surface area contributed by atoms with Crippen LogP contribution in [0.5, 0.6) is 11.5 Å². The molecule has 0 saturated heterocycles. The molecule has 6 nitrogen and oxygen atoms in total. The molecule has 9 heteroatoms. The van der Waals surface area contributed by atoms with Crippen LogP contribution >= 0.6 is 0 Å². The predicted molar refractivity (Wildman–Crippen MR) is 79.6 cm³/mol. The zero-order chi connectivity index (χ0) is 18.6. The quantitative estimate of drug-likeness (QED) is 0.592. The largest absolute Gasteiger partial charge is 0.465 e. The van der Waals surface area contributed by atoms with Gasteiger partial charge in [0.25, 0.3) is 4.92 Å². The van der Waals surface area contributed by atoms with Crippen LogP contribution in [0.15, 0.2) is 42.5 Å². The van der Waals surface area contributed by atoms with Crippen LogP contribution in [0.1, 0.15) is 15.9 Å². The maximum atomic E-state index is 12.9. The van der Waals surface area contributed by atoms with E-state index in [0.29, 0.717) is 6.07 Å². The first-order valence-electron chi connectivity index (χ1n) is 6.85. The molecule has 2 aromatic rings. The molecule has 0 aliphatic heterocycles. The van der Waals surface area contributed by atoms with Gasteiger partial charge in [-0.25, -0.2) is 9.63 Å². The topological polar surface area (TPSA) is 64.8 Å². The van der Waals surface area contributed by atoms with Crippen molar-refractivity contribution >= 4 is 11.7 Å². The van der Waals surface area contributed by atoms with Crippen LogP contribution in [0, 0.1) is 4.91 Å². The van der Waals surface area contributed by atoms with Crippen molar-refractivity contribution in [2.75, 3.05) is 14.2 Å². The Labute approximate surface area is 140 Å². The van der Waals surface area contributed by atoms with E-state index in [2.05, 4.69) is 9.57 Å². The number of rotatable bonds is 5. The molecule has 0 amide bonds. The van der Waals surface area contributed by atoms with Crippen LogP contribution in [-0.4, -0.2) is 25.1 Å². The van der Waals surface area contributed by atoms with E-state index in [1.807, 2.05) is 0 Å². The summed E-state index contributed by atoms with van der Waals surface area (Å²) in [6, 6.07) is 8.05. The fourth-order valence-electron chi connectivity index (χ4n) is 1.97. The Kier molecular flexibility index (Phi) is 5.26. The van der Waals surface area contributed by atoms with Crippen LogP contribution < -0.4 is 4.74 Å². The zero-order valence-electron chi connectivity index (χ0n) is 13.2. The first-order chi connectivity index (χ1) is 11.8. The van der Waals surface area contributed by atoms with Crippen molar-refractivity contribution in [3.8, 4) is 11.5 Å². The smallest absolute Gasteiger partial charge is 0.416 e. The van der Waals surface area contributed by atoms with Crippen LogP contribution in [0.3, 0.4) is 0 Å². The zero-order valence-corrected chi connectivity index (χ0v) is 13.2. The Morgan fingerprint density at radius 2 is 1.72 bits per heavy atom. The molecule has 2 rings (SSSR count). The van der Waals surface area contributed by atoms with E-state index in [9.17, 15) is 22.9 Å². The van der Waals surface area contributed by atoms with Gasteiger partial charge in [-0.2, -0.15) is 13.2 Å². The number of para-hydroxylation sites is 2. The van der Waals surface area contributed by atoms with Crippen molar-refractivity contribution in [2.45, 2.75) is 6.18 Å². The number of esters is 1. The molecular weight excluding hydrogens is 343 g/mol. The number of halogens is 3. The minimum absolute atomic E-state index is 0.0850. The molecular formula is C16H13F3NO5+. The molecule has 0 radical (unpaired) electrons. The second kappa shape index (κ2) is 7.20. The lowest BCUT2D eigenvalue weighted by Crippen LogP contribution is -2.09. The van der Waals surface area contributed by atoms with Crippen LogP contribution in [-0.2, 0) is 15.8 Å².